The van der Waals surface area contributed by atoms with E-state index in [9.17, 15) is 0 Å². The van der Waals surface area contributed by atoms with E-state index in [2.05, 4.69) is 23.7 Å². The Morgan fingerprint density at radius 1 is 1.31 bits per heavy atom. The van der Waals surface area contributed by atoms with Crippen molar-refractivity contribution in [1.29, 1.82) is 5.26 Å². The number of aromatic nitrogens is 1. The normalized spacial score (nSPS) is 9.88. The molecule has 0 aliphatic carbocycles. The van der Waals surface area contributed by atoms with Gasteiger partial charge in [-0.2, -0.15) is 5.26 Å². The van der Waals surface area contributed by atoms with E-state index in [1.165, 1.54) is 0 Å². The number of anilines is 1. The van der Waals surface area contributed by atoms with Crippen LogP contribution in [0.15, 0.2) is 12.1 Å². The first-order valence-electron chi connectivity index (χ1n) is 5.54. The number of pyridine rings is 1. The summed E-state index contributed by atoms with van der Waals surface area (Å²) in [5.41, 5.74) is 0.429. The van der Waals surface area contributed by atoms with E-state index in [1.807, 2.05) is 12.1 Å². The zero-order valence-corrected chi connectivity index (χ0v) is 10.5. The van der Waals surface area contributed by atoms with Gasteiger partial charge < -0.3 is 4.90 Å². The van der Waals surface area contributed by atoms with Gasteiger partial charge in [-0.05, 0) is 25.0 Å². The molecule has 1 aromatic rings. The van der Waals surface area contributed by atoms with E-state index in [-0.39, 0.29) is 5.15 Å². The Morgan fingerprint density at radius 3 is 2.38 bits per heavy atom. The number of hydrogen-bond acceptors (Lipinski definition) is 3. The maximum Gasteiger partial charge on any atom is 0.149 e. The Balaban J connectivity index is 2.93. The molecule has 0 N–H and O–H groups in total. The van der Waals surface area contributed by atoms with Crippen LogP contribution in [0.1, 0.15) is 32.3 Å². The zero-order valence-electron chi connectivity index (χ0n) is 9.70. The van der Waals surface area contributed by atoms with Crippen LogP contribution in [0, 0.1) is 11.3 Å². The molecule has 16 heavy (non-hydrogen) atoms. The molecule has 0 aliphatic heterocycles. The second kappa shape index (κ2) is 6.34. The molecular formula is C12H16ClN3. The van der Waals surface area contributed by atoms with Gasteiger partial charge in [0.1, 0.15) is 17.0 Å². The molecule has 0 saturated heterocycles. The van der Waals surface area contributed by atoms with Crippen LogP contribution in [0.25, 0.3) is 0 Å². The smallest absolute Gasteiger partial charge is 0.149 e. The van der Waals surface area contributed by atoms with Gasteiger partial charge in [0, 0.05) is 13.1 Å². The van der Waals surface area contributed by atoms with Gasteiger partial charge in [0.15, 0.2) is 0 Å². The average Bonchev–Trinajstić information content (AvgIpc) is 2.28. The molecule has 0 bridgehead atoms. The number of nitriles is 1. The van der Waals surface area contributed by atoms with E-state index in [0.29, 0.717) is 5.56 Å². The predicted octanol–water partition coefficient (Wildman–Crippen LogP) is 3.23. The Morgan fingerprint density at radius 2 is 1.94 bits per heavy atom. The molecule has 0 spiro atoms. The summed E-state index contributed by atoms with van der Waals surface area (Å²) in [5, 5.41) is 9.06. The highest BCUT2D eigenvalue weighted by Gasteiger charge is 2.08. The van der Waals surface area contributed by atoms with Crippen LogP contribution in [0.2, 0.25) is 5.15 Å². The monoisotopic (exact) mass is 237 g/mol. The lowest BCUT2D eigenvalue weighted by molar-refractivity contribution is 0.734. The third kappa shape index (κ3) is 3.11. The molecule has 86 valence electrons. The number of hydrogen-bond donors (Lipinski definition) is 0. The topological polar surface area (TPSA) is 39.9 Å². The minimum absolute atomic E-state index is 0.289. The summed E-state index contributed by atoms with van der Waals surface area (Å²) in [6.07, 6.45) is 2.14. The number of nitrogens with zero attached hydrogens (tertiary/aromatic N) is 3. The zero-order chi connectivity index (χ0) is 12.0. The third-order valence-corrected chi connectivity index (χ3v) is 2.55. The van der Waals surface area contributed by atoms with Crippen LogP contribution in [0.5, 0.6) is 0 Å². The summed E-state index contributed by atoms with van der Waals surface area (Å²) in [7, 11) is 0. The van der Waals surface area contributed by atoms with Crippen LogP contribution in [0.3, 0.4) is 0 Å². The van der Waals surface area contributed by atoms with E-state index in [4.69, 9.17) is 16.9 Å². The molecule has 0 unspecified atom stereocenters. The lowest BCUT2D eigenvalue weighted by Gasteiger charge is -2.22. The second-order valence-electron chi connectivity index (χ2n) is 3.61. The average molecular weight is 238 g/mol. The maximum absolute atomic E-state index is 8.77. The van der Waals surface area contributed by atoms with Gasteiger partial charge in [-0.1, -0.05) is 25.4 Å². The molecule has 1 aromatic heterocycles. The molecule has 0 radical (unpaired) electrons. The van der Waals surface area contributed by atoms with Gasteiger partial charge in [-0.25, -0.2) is 4.98 Å². The number of halogens is 1. The number of rotatable bonds is 5. The van der Waals surface area contributed by atoms with Crippen molar-refractivity contribution in [3.8, 4) is 6.07 Å². The lowest BCUT2D eigenvalue weighted by Crippen LogP contribution is -2.25. The standard InChI is InChI=1S/C12H16ClN3/c1-3-7-16(8-4-2)11-6-5-10(9-14)12(13)15-11/h5-6H,3-4,7-8H2,1-2H3. The van der Waals surface area contributed by atoms with Crippen molar-refractivity contribution >= 4 is 17.4 Å². The first kappa shape index (κ1) is 12.8. The van der Waals surface area contributed by atoms with Crippen molar-refractivity contribution in [2.45, 2.75) is 26.7 Å². The predicted molar refractivity (Wildman–Crippen MR) is 66.8 cm³/mol. The molecule has 0 aliphatic rings. The minimum atomic E-state index is 0.289. The van der Waals surface area contributed by atoms with E-state index in [0.717, 1.165) is 31.7 Å². The molecule has 0 atom stereocenters. The van der Waals surface area contributed by atoms with Gasteiger partial charge >= 0.3 is 0 Å². The van der Waals surface area contributed by atoms with Crippen molar-refractivity contribution < 1.29 is 0 Å². The summed E-state index contributed by atoms with van der Waals surface area (Å²) < 4.78 is 0. The molecule has 4 heteroatoms. The first-order valence-corrected chi connectivity index (χ1v) is 5.92. The third-order valence-electron chi connectivity index (χ3n) is 2.27. The maximum atomic E-state index is 8.77. The molecule has 3 nitrogen and oxygen atoms in total. The molecular weight excluding hydrogens is 222 g/mol. The molecule has 0 fully saturated rings. The van der Waals surface area contributed by atoms with Crippen molar-refractivity contribution in [2.75, 3.05) is 18.0 Å². The highest BCUT2D eigenvalue weighted by Crippen LogP contribution is 2.19. The highest BCUT2D eigenvalue weighted by atomic mass is 35.5. The first-order chi connectivity index (χ1) is 7.72. The van der Waals surface area contributed by atoms with Gasteiger partial charge in [-0.3, -0.25) is 0 Å². The molecule has 1 heterocycles. The van der Waals surface area contributed by atoms with Crippen molar-refractivity contribution in [2.24, 2.45) is 0 Å². The summed E-state index contributed by atoms with van der Waals surface area (Å²) in [4.78, 5) is 6.44. The molecule has 0 saturated carbocycles. The Bertz CT molecular complexity index is 378. The van der Waals surface area contributed by atoms with Crippen LogP contribution in [-0.4, -0.2) is 18.1 Å². The fraction of sp³-hybridized carbons (Fsp3) is 0.500. The summed E-state index contributed by atoms with van der Waals surface area (Å²) >= 11 is 5.91. The van der Waals surface area contributed by atoms with Crippen molar-refractivity contribution in [1.82, 2.24) is 4.98 Å². The van der Waals surface area contributed by atoms with Gasteiger partial charge in [0.25, 0.3) is 0 Å². The largest absolute Gasteiger partial charge is 0.357 e. The Hall–Kier alpha value is -1.27. The van der Waals surface area contributed by atoms with Gasteiger partial charge in [-0.15, -0.1) is 0 Å². The summed E-state index contributed by atoms with van der Waals surface area (Å²) in [6.45, 7) is 6.19. The molecule has 0 aromatic carbocycles. The van der Waals surface area contributed by atoms with Crippen molar-refractivity contribution in [3.05, 3.63) is 22.8 Å². The molecule has 1 rings (SSSR count). The van der Waals surface area contributed by atoms with E-state index < -0.39 is 0 Å². The fourth-order valence-electron chi connectivity index (χ4n) is 1.56. The van der Waals surface area contributed by atoms with Crippen LogP contribution < -0.4 is 4.90 Å². The summed E-state index contributed by atoms with van der Waals surface area (Å²) in [5.74, 6) is 0.854. The van der Waals surface area contributed by atoms with Crippen LogP contribution in [0.4, 0.5) is 5.82 Å². The van der Waals surface area contributed by atoms with Crippen molar-refractivity contribution in [3.63, 3.8) is 0 Å². The molecule has 0 amide bonds. The lowest BCUT2D eigenvalue weighted by atomic mass is 10.3. The van der Waals surface area contributed by atoms with Gasteiger partial charge in [0.05, 0.1) is 5.56 Å². The van der Waals surface area contributed by atoms with Gasteiger partial charge in [0.2, 0.25) is 0 Å². The second-order valence-corrected chi connectivity index (χ2v) is 3.96. The quantitative estimate of drug-likeness (QED) is 0.739. The van der Waals surface area contributed by atoms with Crippen LogP contribution in [-0.2, 0) is 0 Å². The Labute approximate surface area is 102 Å². The summed E-state index contributed by atoms with van der Waals surface area (Å²) in [6, 6.07) is 5.59. The fourth-order valence-corrected chi connectivity index (χ4v) is 1.76. The van der Waals surface area contributed by atoms with E-state index in [1.54, 1.807) is 6.07 Å². The highest BCUT2D eigenvalue weighted by molar-refractivity contribution is 6.30. The Kier molecular flexibility index (Phi) is 5.07. The SMILES string of the molecule is CCCN(CCC)c1ccc(C#N)c(Cl)n1. The van der Waals surface area contributed by atoms with Crippen LogP contribution >= 0.6 is 11.6 Å². The van der Waals surface area contributed by atoms with E-state index >= 15 is 0 Å². The minimum Gasteiger partial charge on any atom is -0.357 e.